The van der Waals surface area contributed by atoms with Crippen molar-refractivity contribution in [3.05, 3.63) is 108 Å². The predicted octanol–water partition coefficient (Wildman–Crippen LogP) is 5.53. The Morgan fingerprint density at radius 1 is 0.900 bits per heavy atom. The molecule has 4 aromatic rings. The fraction of sp³-hybridized carbons (Fsp3) is 0.115. The van der Waals surface area contributed by atoms with Gasteiger partial charge in [0.05, 0.1) is 5.69 Å². The fourth-order valence-corrected chi connectivity index (χ4v) is 3.42. The average molecular weight is 397 g/mol. The minimum atomic E-state index is -0.976. The first-order chi connectivity index (χ1) is 14.6. The van der Waals surface area contributed by atoms with Gasteiger partial charge in [0.2, 0.25) is 0 Å². The van der Waals surface area contributed by atoms with E-state index < -0.39 is 12.1 Å². The average Bonchev–Trinajstić information content (AvgIpc) is 3.25. The highest BCUT2D eigenvalue weighted by Gasteiger charge is 2.20. The monoisotopic (exact) mass is 397 g/mol. The van der Waals surface area contributed by atoms with E-state index in [4.69, 9.17) is 4.74 Å². The van der Waals surface area contributed by atoms with Crippen LogP contribution in [-0.4, -0.2) is 21.7 Å². The third-order valence-corrected chi connectivity index (χ3v) is 5.03. The van der Waals surface area contributed by atoms with Crippen LogP contribution in [0.25, 0.3) is 16.9 Å². The van der Waals surface area contributed by atoms with Crippen LogP contribution in [0.3, 0.4) is 0 Å². The summed E-state index contributed by atoms with van der Waals surface area (Å²) in [6.07, 6.45) is 1.41. The molecule has 0 unspecified atom stereocenters. The normalized spacial score (nSPS) is 11.8. The van der Waals surface area contributed by atoms with Crippen molar-refractivity contribution < 1.29 is 14.6 Å². The van der Waals surface area contributed by atoms with Crippen LogP contribution < -0.4 is 4.74 Å². The first-order valence-corrected chi connectivity index (χ1v) is 9.88. The molecule has 0 aliphatic rings. The predicted molar refractivity (Wildman–Crippen MR) is 118 cm³/mol. The van der Waals surface area contributed by atoms with E-state index in [9.17, 15) is 9.90 Å². The molecule has 0 radical (unpaired) electrons. The van der Waals surface area contributed by atoms with Gasteiger partial charge in [-0.15, -0.1) is 0 Å². The number of rotatable bonds is 7. The standard InChI is InChI=1S/C26H23NO3/c1-19-9-13-22(14-10-19)27-17-5-8-24(27)21-11-15-23(16-12-21)30-25(26(28)29)18-20-6-3-2-4-7-20/h2-17,25H,18H2,1H3,(H,28,29)/t25-/m1/s1. The summed E-state index contributed by atoms with van der Waals surface area (Å²) < 4.78 is 7.90. The molecule has 4 rings (SSSR count). The quantitative estimate of drug-likeness (QED) is 0.446. The molecule has 1 aromatic heterocycles. The molecule has 4 nitrogen and oxygen atoms in total. The molecule has 0 aliphatic heterocycles. The number of nitrogens with zero attached hydrogens (tertiary/aromatic N) is 1. The Balaban J connectivity index is 1.53. The minimum absolute atomic E-state index is 0.314. The van der Waals surface area contributed by atoms with E-state index in [0.29, 0.717) is 12.2 Å². The van der Waals surface area contributed by atoms with Crippen LogP contribution in [0, 0.1) is 6.92 Å². The molecule has 4 heteroatoms. The van der Waals surface area contributed by atoms with E-state index in [1.165, 1.54) is 5.56 Å². The van der Waals surface area contributed by atoms with Gasteiger partial charge in [-0.3, -0.25) is 0 Å². The van der Waals surface area contributed by atoms with Crippen LogP contribution >= 0.6 is 0 Å². The minimum Gasteiger partial charge on any atom is -0.478 e. The second kappa shape index (κ2) is 8.70. The number of carbonyl (C=O) groups is 1. The summed E-state index contributed by atoms with van der Waals surface area (Å²) in [5, 5.41) is 9.55. The molecular formula is C26H23NO3. The summed E-state index contributed by atoms with van der Waals surface area (Å²) >= 11 is 0. The van der Waals surface area contributed by atoms with Gasteiger partial charge >= 0.3 is 5.97 Å². The van der Waals surface area contributed by atoms with Gasteiger partial charge in [-0.05, 0) is 66.6 Å². The van der Waals surface area contributed by atoms with Crippen molar-refractivity contribution >= 4 is 5.97 Å². The molecule has 30 heavy (non-hydrogen) atoms. The van der Waals surface area contributed by atoms with Gasteiger partial charge in [0.25, 0.3) is 0 Å². The highest BCUT2D eigenvalue weighted by molar-refractivity contribution is 5.73. The first-order valence-electron chi connectivity index (χ1n) is 9.88. The molecule has 0 saturated heterocycles. The van der Waals surface area contributed by atoms with E-state index >= 15 is 0 Å². The van der Waals surface area contributed by atoms with Gasteiger partial charge in [0, 0.05) is 18.3 Å². The van der Waals surface area contributed by atoms with Crippen LogP contribution in [0.2, 0.25) is 0 Å². The van der Waals surface area contributed by atoms with E-state index in [1.807, 2.05) is 66.9 Å². The maximum Gasteiger partial charge on any atom is 0.345 e. The lowest BCUT2D eigenvalue weighted by Crippen LogP contribution is -2.29. The van der Waals surface area contributed by atoms with Gasteiger partial charge in [0.15, 0.2) is 6.10 Å². The fourth-order valence-electron chi connectivity index (χ4n) is 3.42. The van der Waals surface area contributed by atoms with Crippen molar-refractivity contribution in [2.24, 2.45) is 0 Å². The van der Waals surface area contributed by atoms with Gasteiger partial charge in [-0.25, -0.2) is 4.79 Å². The van der Waals surface area contributed by atoms with Crippen LogP contribution in [0.5, 0.6) is 5.75 Å². The van der Waals surface area contributed by atoms with Crippen molar-refractivity contribution in [2.45, 2.75) is 19.4 Å². The summed E-state index contributed by atoms with van der Waals surface area (Å²) in [4.78, 5) is 11.7. The second-order valence-electron chi connectivity index (χ2n) is 7.26. The molecule has 3 aromatic carbocycles. The smallest absolute Gasteiger partial charge is 0.345 e. The number of ether oxygens (including phenoxy) is 1. The third kappa shape index (κ3) is 4.44. The number of benzene rings is 3. The Kier molecular flexibility index (Phi) is 5.66. The molecule has 0 spiro atoms. The number of carboxylic acid groups (broad SMARTS) is 1. The number of aliphatic carboxylic acids is 1. The van der Waals surface area contributed by atoms with Crippen molar-refractivity contribution in [2.75, 3.05) is 0 Å². The first kappa shape index (κ1) is 19.5. The molecule has 0 aliphatic carbocycles. The van der Waals surface area contributed by atoms with Gasteiger partial charge in [0.1, 0.15) is 5.75 Å². The number of aryl methyl sites for hydroxylation is 1. The molecule has 1 atom stereocenters. The Morgan fingerprint density at radius 3 is 2.27 bits per heavy atom. The lowest BCUT2D eigenvalue weighted by atomic mass is 10.1. The summed E-state index contributed by atoms with van der Waals surface area (Å²) in [7, 11) is 0. The van der Waals surface area contributed by atoms with E-state index in [1.54, 1.807) is 0 Å². The maximum absolute atomic E-state index is 11.7. The Hall–Kier alpha value is -3.79. The van der Waals surface area contributed by atoms with Crippen LogP contribution in [0.1, 0.15) is 11.1 Å². The topological polar surface area (TPSA) is 51.5 Å². The number of carboxylic acids is 1. The van der Waals surface area contributed by atoms with Crippen LogP contribution in [0.4, 0.5) is 0 Å². The van der Waals surface area contributed by atoms with Gasteiger partial charge < -0.3 is 14.4 Å². The summed E-state index contributed by atoms with van der Waals surface area (Å²) in [6, 6.07) is 29.5. The highest BCUT2D eigenvalue weighted by Crippen LogP contribution is 2.26. The van der Waals surface area contributed by atoms with Crippen molar-refractivity contribution in [1.82, 2.24) is 4.57 Å². The summed E-state index contributed by atoms with van der Waals surface area (Å²) in [5.74, 6) is -0.438. The Labute approximate surface area is 176 Å². The van der Waals surface area contributed by atoms with Crippen molar-refractivity contribution in [3.8, 4) is 22.7 Å². The van der Waals surface area contributed by atoms with Gasteiger partial charge in [-0.2, -0.15) is 0 Å². The third-order valence-electron chi connectivity index (χ3n) is 5.03. The molecule has 1 heterocycles. The van der Waals surface area contributed by atoms with E-state index in [0.717, 1.165) is 22.5 Å². The summed E-state index contributed by atoms with van der Waals surface area (Å²) in [6.45, 7) is 2.07. The molecule has 0 fully saturated rings. The zero-order chi connectivity index (χ0) is 20.9. The number of hydrogen-bond acceptors (Lipinski definition) is 2. The lowest BCUT2D eigenvalue weighted by Gasteiger charge is -2.16. The van der Waals surface area contributed by atoms with Crippen LogP contribution in [-0.2, 0) is 11.2 Å². The molecule has 0 saturated carbocycles. The SMILES string of the molecule is Cc1ccc(-n2cccc2-c2ccc(O[C@H](Cc3ccccc3)C(=O)O)cc2)cc1. The summed E-state index contributed by atoms with van der Waals surface area (Å²) in [5.41, 5.74) is 5.33. The maximum atomic E-state index is 11.7. The number of hydrogen-bond donors (Lipinski definition) is 1. The molecule has 0 bridgehead atoms. The number of aromatic nitrogens is 1. The molecule has 0 amide bonds. The Bertz CT molecular complexity index is 1110. The largest absolute Gasteiger partial charge is 0.478 e. The second-order valence-corrected chi connectivity index (χ2v) is 7.26. The van der Waals surface area contributed by atoms with Crippen LogP contribution in [0.15, 0.2) is 97.2 Å². The van der Waals surface area contributed by atoms with E-state index in [-0.39, 0.29) is 0 Å². The van der Waals surface area contributed by atoms with Crippen molar-refractivity contribution in [3.63, 3.8) is 0 Å². The molecular weight excluding hydrogens is 374 g/mol. The zero-order valence-electron chi connectivity index (χ0n) is 16.7. The molecule has 150 valence electrons. The Morgan fingerprint density at radius 2 is 1.60 bits per heavy atom. The zero-order valence-corrected chi connectivity index (χ0v) is 16.7. The van der Waals surface area contributed by atoms with E-state index in [2.05, 4.69) is 41.8 Å². The lowest BCUT2D eigenvalue weighted by molar-refractivity contribution is -0.145. The highest BCUT2D eigenvalue weighted by atomic mass is 16.5. The van der Waals surface area contributed by atoms with Crippen molar-refractivity contribution in [1.29, 1.82) is 0 Å². The van der Waals surface area contributed by atoms with Gasteiger partial charge in [-0.1, -0.05) is 48.0 Å². The molecule has 1 N–H and O–H groups in total.